The van der Waals surface area contributed by atoms with Crippen molar-refractivity contribution in [2.75, 3.05) is 0 Å². The summed E-state index contributed by atoms with van der Waals surface area (Å²) in [4.78, 5) is 8.35. The number of hydrogen-bond donors (Lipinski definition) is 1. The molecule has 0 aromatic heterocycles. The van der Waals surface area contributed by atoms with Crippen LogP contribution in [0.1, 0.15) is 0 Å². The van der Waals surface area contributed by atoms with Crippen molar-refractivity contribution < 1.29 is 4.79 Å². The average Bonchev–Trinajstić information content (AvgIpc) is 0.918. The molecule has 0 aliphatic rings. The first-order valence-corrected chi connectivity index (χ1v) is 0.454. The topological polar surface area (TPSA) is 40.9 Å². The van der Waals surface area contributed by atoms with Crippen LogP contribution in [0.15, 0.2) is 0 Å². The lowest BCUT2D eigenvalue weighted by atomic mass is 11.7. The van der Waals surface area contributed by atoms with Gasteiger partial charge in [-0.25, -0.2) is 10.2 Å². The second-order valence-electron chi connectivity index (χ2n) is 0.102. The van der Waals surface area contributed by atoms with Crippen LogP contribution in [0.2, 0.25) is 0 Å². The van der Waals surface area contributed by atoms with Crippen LogP contribution in [0.25, 0.3) is 0 Å². The largest absolute Gasteiger partial charge is 0.231 e. The summed E-state index contributed by atoms with van der Waals surface area (Å²) in [6.07, 6.45) is 0.750. The first-order valence-electron chi connectivity index (χ1n) is 0.454. The molecule has 0 unspecified atom stereocenters. The Labute approximate surface area is 34.5 Å². The van der Waals surface area contributed by atoms with Gasteiger partial charge in [-0.15, -0.1) is 0 Å². The highest BCUT2D eigenvalue weighted by Gasteiger charge is 1.03. The third-order valence-electron chi connectivity index (χ3n) is 0. The number of isocyanates is 1. The Morgan fingerprint density at radius 3 is 1.75 bits per heavy atom. The Morgan fingerprint density at radius 1 is 1.75 bits per heavy atom. The Kier molecular flexibility index (Phi) is 29.0. The van der Waals surface area contributed by atoms with E-state index in [1.54, 1.807) is 0 Å². The molecule has 1 N–H and O–H groups in total. The van der Waals surface area contributed by atoms with E-state index in [2.05, 4.69) is 0 Å². The van der Waals surface area contributed by atoms with Crippen molar-refractivity contribution in [3.05, 3.63) is 0 Å². The van der Waals surface area contributed by atoms with Crippen LogP contribution >= 0.6 is 0 Å². The molecule has 0 heterocycles. The highest BCUT2D eigenvalue weighted by Crippen LogP contribution is 0.868. The number of nitrogens with one attached hydrogen (secondary N) is 1. The van der Waals surface area contributed by atoms with Crippen molar-refractivity contribution in [3.8, 4) is 0 Å². The third-order valence-corrected chi connectivity index (χ3v) is 0. The molecule has 4 heavy (non-hydrogen) atoms. The second-order valence-corrected chi connectivity index (χ2v) is 0.102. The van der Waals surface area contributed by atoms with Crippen LogP contribution in [0.4, 0.5) is 0 Å². The van der Waals surface area contributed by atoms with E-state index in [4.69, 9.17) is 10.2 Å². The lowest BCUT2D eigenvalue weighted by Crippen LogP contribution is -1.16. The maximum absolute atomic E-state index is 8.35. The van der Waals surface area contributed by atoms with Crippen LogP contribution in [0.3, 0.4) is 0 Å². The molecule has 3 heteroatoms. The first kappa shape index (κ1) is 9.07. The molecule has 0 rings (SSSR count). The van der Waals surface area contributed by atoms with Gasteiger partial charge < -0.3 is 0 Å². The Bertz CT molecular complexity index is 29.0. The SMILES string of the molecule is N=C=O.[AlH3]. The zero-order chi connectivity index (χ0) is 2.71. The summed E-state index contributed by atoms with van der Waals surface area (Å²) >= 11 is 0. The van der Waals surface area contributed by atoms with Gasteiger partial charge >= 0.3 is 0 Å². The number of hydrogen-bond acceptors (Lipinski definition) is 2. The summed E-state index contributed by atoms with van der Waals surface area (Å²) < 4.78 is 0. The second kappa shape index (κ2) is 12.8. The monoisotopic (exact) mass is 73.0 g/mol. The van der Waals surface area contributed by atoms with E-state index < -0.39 is 0 Å². The van der Waals surface area contributed by atoms with Crippen molar-refractivity contribution in [1.82, 2.24) is 0 Å². The lowest BCUT2D eigenvalue weighted by molar-refractivity contribution is 0.563. The highest BCUT2D eigenvalue weighted by molar-refractivity contribution is 5.75. The zero-order valence-electron chi connectivity index (χ0n) is 1.41. The van der Waals surface area contributed by atoms with Crippen LogP contribution < -0.4 is 0 Å². The van der Waals surface area contributed by atoms with E-state index in [9.17, 15) is 0 Å². The van der Waals surface area contributed by atoms with Crippen LogP contribution in [0.5, 0.6) is 0 Å². The van der Waals surface area contributed by atoms with Gasteiger partial charge in [0.1, 0.15) is 0 Å². The Balaban J connectivity index is 0. The van der Waals surface area contributed by atoms with E-state index in [1.165, 1.54) is 0 Å². The highest BCUT2D eigenvalue weighted by atomic mass is 27.0. The fourth-order valence-electron chi connectivity index (χ4n) is 0. The predicted octanol–water partition coefficient (Wildman–Crippen LogP) is -1.28. The molecule has 0 saturated carbocycles. The molecule has 0 atom stereocenters. The maximum Gasteiger partial charge on any atom is 0.231 e. The van der Waals surface area contributed by atoms with E-state index in [1.807, 2.05) is 0 Å². The summed E-state index contributed by atoms with van der Waals surface area (Å²) in [5.74, 6) is 0. The fraction of sp³-hybridized carbons (Fsp3) is 0. The molecule has 0 radical (unpaired) electrons. The molecule has 0 aliphatic carbocycles. The van der Waals surface area contributed by atoms with Crippen molar-refractivity contribution in [2.24, 2.45) is 0 Å². The molecule has 0 bridgehead atoms. The van der Waals surface area contributed by atoms with Gasteiger partial charge in [-0.2, -0.15) is 0 Å². The van der Waals surface area contributed by atoms with Gasteiger partial charge in [0.2, 0.25) is 6.08 Å². The molecule has 0 saturated heterocycles. The van der Waals surface area contributed by atoms with Gasteiger partial charge in [-0.05, 0) is 0 Å². The minimum atomic E-state index is 0. The fourth-order valence-corrected chi connectivity index (χ4v) is 0. The van der Waals surface area contributed by atoms with Crippen molar-refractivity contribution in [2.45, 2.75) is 0 Å². The maximum atomic E-state index is 8.35. The van der Waals surface area contributed by atoms with Gasteiger partial charge in [0.25, 0.3) is 0 Å². The first-order chi connectivity index (χ1) is 1.41. The Hall–Kier alpha value is -0.0875. The van der Waals surface area contributed by atoms with Crippen molar-refractivity contribution in [3.63, 3.8) is 0 Å². The van der Waals surface area contributed by atoms with E-state index in [-0.39, 0.29) is 17.4 Å². The lowest BCUT2D eigenvalue weighted by Gasteiger charge is -1.02. The standard InChI is InChI=1S/CHNO.Al.3H/c2-1-3;;;;/h2H;;;;. The van der Waals surface area contributed by atoms with Crippen molar-refractivity contribution in [1.29, 1.82) is 5.41 Å². The molecular weight excluding hydrogens is 69.0 g/mol. The van der Waals surface area contributed by atoms with Crippen LogP contribution in [-0.2, 0) is 4.79 Å². The molecule has 22 valence electrons. The van der Waals surface area contributed by atoms with Gasteiger partial charge in [0.15, 0.2) is 17.4 Å². The Morgan fingerprint density at radius 2 is 1.75 bits per heavy atom. The summed E-state index contributed by atoms with van der Waals surface area (Å²) in [6.45, 7) is 0. The molecule has 0 fully saturated rings. The minimum Gasteiger partial charge on any atom is -0.222 e. The van der Waals surface area contributed by atoms with Crippen LogP contribution in [0, 0.1) is 5.41 Å². The molecule has 0 aromatic carbocycles. The van der Waals surface area contributed by atoms with Crippen molar-refractivity contribution >= 4 is 23.4 Å². The molecule has 0 amide bonds. The average molecular weight is 73.0 g/mol. The van der Waals surface area contributed by atoms with Gasteiger partial charge in [0.05, 0.1) is 0 Å². The zero-order valence-corrected chi connectivity index (χ0v) is 1.41. The summed E-state index contributed by atoms with van der Waals surface area (Å²) in [7, 11) is 0. The van der Waals surface area contributed by atoms with Gasteiger partial charge in [-0.1, -0.05) is 0 Å². The third kappa shape index (κ3) is 208. The van der Waals surface area contributed by atoms with Gasteiger partial charge in [0, 0.05) is 0 Å². The number of carbonyl (C=O) groups excluding carboxylic acids is 1. The molecule has 0 spiro atoms. The smallest absolute Gasteiger partial charge is 0.222 e. The molecule has 0 aromatic rings. The van der Waals surface area contributed by atoms with Crippen LogP contribution in [-0.4, -0.2) is 23.4 Å². The van der Waals surface area contributed by atoms with Gasteiger partial charge in [-0.3, -0.25) is 0 Å². The summed E-state index contributed by atoms with van der Waals surface area (Å²) in [5.41, 5.74) is 0. The molecular formula is CH4AlNO. The molecule has 0 aliphatic heterocycles. The van der Waals surface area contributed by atoms with E-state index >= 15 is 0 Å². The summed E-state index contributed by atoms with van der Waals surface area (Å²) in [5, 5.41) is 5.40. The van der Waals surface area contributed by atoms with E-state index in [0.29, 0.717) is 0 Å². The quantitative estimate of drug-likeness (QED) is 0.216. The minimum absolute atomic E-state index is 0. The number of rotatable bonds is 0. The predicted molar refractivity (Wildman–Crippen MR) is 18.4 cm³/mol. The molecule has 2 nitrogen and oxygen atoms in total. The summed E-state index contributed by atoms with van der Waals surface area (Å²) in [6, 6.07) is 0. The normalized spacial score (nSPS) is 2.00. The van der Waals surface area contributed by atoms with E-state index in [0.717, 1.165) is 6.08 Å².